The highest BCUT2D eigenvalue weighted by atomic mass is 32.2. The maximum Gasteiger partial charge on any atom is 0.446 e. The Bertz CT molecular complexity index is 692. The molecule has 0 N–H and O–H groups in total. The summed E-state index contributed by atoms with van der Waals surface area (Å²) in [6.07, 6.45) is 0.241. The minimum atomic E-state index is -4.54. The van der Waals surface area contributed by atoms with Gasteiger partial charge in [-0.2, -0.15) is 13.2 Å². The van der Waals surface area contributed by atoms with Crippen molar-refractivity contribution in [2.45, 2.75) is 5.51 Å². The van der Waals surface area contributed by atoms with Gasteiger partial charge in [-0.1, -0.05) is 42.5 Å². The van der Waals surface area contributed by atoms with Crippen LogP contribution in [0.4, 0.5) is 13.2 Å². The summed E-state index contributed by atoms with van der Waals surface area (Å²) in [4.78, 5) is 10.9. The molecule has 0 unspecified atom stereocenters. The Hall–Kier alpha value is -2.21. The number of alkyl halides is 3. The van der Waals surface area contributed by atoms with E-state index in [1.807, 2.05) is 0 Å². The average molecular weight is 338 g/mol. The van der Waals surface area contributed by atoms with Crippen LogP contribution in [0.2, 0.25) is 0 Å². The van der Waals surface area contributed by atoms with E-state index >= 15 is 0 Å². The summed E-state index contributed by atoms with van der Waals surface area (Å²) >= 11 is -0.410. The van der Waals surface area contributed by atoms with Crippen molar-refractivity contribution < 1.29 is 22.7 Å². The first kappa shape index (κ1) is 17.1. The zero-order valence-electron chi connectivity index (χ0n) is 12.1. The van der Waals surface area contributed by atoms with Crippen molar-refractivity contribution in [2.75, 3.05) is 7.11 Å². The molecule has 0 spiro atoms. The van der Waals surface area contributed by atoms with Crippen LogP contribution in [0.5, 0.6) is 5.75 Å². The molecule has 2 aromatic carbocycles. The van der Waals surface area contributed by atoms with Crippen LogP contribution < -0.4 is 4.74 Å². The second kappa shape index (κ2) is 7.37. The second-order valence-corrected chi connectivity index (χ2v) is 5.61. The van der Waals surface area contributed by atoms with Crippen LogP contribution in [-0.2, 0) is 4.79 Å². The predicted molar refractivity (Wildman–Crippen MR) is 85.2 cm³/mol. The highest BCUT2D eigenvalue weighted by molar-refractivity contribution is 8.04. The summed E-state index contributed by atoms with van der Waals surface area (Å²) in [6.45, 7) is 0. The fourth-order valence-electron chi connectivity index (χ4n) is 2.07. The molecule has 0 heterocycles. The van der Waals surface area contributed by atoms with Crippen LogP contribution in [-0.4, -0.2) is 18.9 Å². The molecule has 0 radical (unpaired) electrons. The summed E-state index contributed by atoms with van der Waals surface area (Å²) < 4.78 is 43.3. The Balaban J connectivity index is 2.61. The number of aldehydes is 1. The molecule has 0 aliphatic rings. The number of carbonyl (C=O) groups is 1. The van der Waals surface area contributed by atoms with E-state index < -0.39 is 17.3 Å². The van der Waals surface area contributed by atoms with E-state index in [0.29, 0.717) is 16.9 Å². The monoisotopic (exact) mass is 338 g/mol. The number of benzene rings is 2. The standard InChI is InChI=1S/C17H13F3O2S/c1-22-14-9-7-13(8-10-14)16(12-5-3-2-4-6-12)15(11-21)23-17(18,19)20/h2-11H,1H3/b16-15+. The number of allylic oxidation sites excluding steroid dienone is 1. The highest BCUT2D eigenvalue weighted by Crippen LogP contribution is 2.41. The number of hydrogen-bond acceptors (Lipinski definition) is 3. The van der Waals surface area contributed by atoms with E-state index in [4.69, 9.17) is 4.74 Å². The predicted octanol–water partition coefficient (Wildman–Crippen LogP) is 4.91. The van der Waals surface area contributed by atoms with Gasteiger partial charge in [-0.25, -0.2) is 0 Å². The maximum atomic E-state index is 12.8. The van der Waals surface area contributed by atoms with E-state index in [-0.39, 0.29) is 16.8 Å². The zero-order chi connectivity index (χ0) is 16.9. The van der Waals surface area contributed by atoms with Gasteiger partial charge in [-0.15, -0.1) is 0 Å². The van der Waals surface area contributed by atoms with Crippen molar-refractivity contribution in [2.24, 2.45) is 0 Å². The second-order valence-electron chi connectivity index (χ2n) is 4.50. The van der Waals surface area contributed by atoms with Crippen molar-refractivity contribution >= 4 is 23.6 Å². The van der Waals surface area contributed by atoms with Crippen molar-refractivity contribution in [3.8, 4) is 5.75 Å². The fourth-order valence-corrected chi connectivity index (χ4v) is 2.71. The van der Waals surface area contributed by atoms with Gasteiger partial charge in [-0.05, 0) is 35.0 Å². The van der Waals surface area contributed by atoms with Gasteiger partial charge in [0, 0.05) is 5.57 Å². The van der Waals surface area contributed by atoms with Gasteiger partial charge in [0.1, 0.15) is 5.75 Å². The third-order valence-corrected chi connectivity index (χ3v) is 3.77. The van der Waals surface area contributed by atoms with Crippen LogP contribution in [0, 0.1) is 0 Å². The molecule has 23 heavy (non-hydrogen) atoms. The van der Waals surface area contributed by atoms with E-state index in [1.54, 1.807) is 54.6 Å². The van der Waals surface area contributed by atoms with Gasteiger partial charge in [-0.3, -0.25) is 4.79 Å². The molecule has 2 rings (SSSR count). The van der Waals surface area contributed by atoms with Crippen molar-refractivity contribution in [3.05, 3.63) is 70.6 Å². The molecule has 0 saturated carbocycles. The summed E-state index contributed by atoms with van der Waals surface area (Å²) in [6, 6.07) is 15.0. The van der Waals surface area contributed by atoms with E-state index in [1.165, 1.54) is 7.11 Å². The summed E-state index contributed by atoms with van der Waals surface area (Å²) in [5.74, 6) is 0.581. The van der Waals surface area contributed by atoms with E-state index in [2.05, 4.69) is 0 Å². The zero-order valence-corrected chi connectivity index (χ0v) is 12.9. The SMILES string of the molecule is COc1ccc(/C(=C(\C=O)SC(F)(F)F)c2ccccc2)cc1. The Morgan fingerprint density at radius 1 is 1.00 bits per heavy atom. The lowest BCUT2D eigenvalue weighted by Gasteiger charge is -2.14. The molecular weight excluding hydrogens is 325 g/mol. The molecule has 120 valence electrons. The van der Waals surface area contributed by atoms with Gasteiger partial charge in [0.05, 0.1) is 12.0 Å². The van der Waals surface area contributed by atoms with Crippen molar-refractivity contribution in [1.82, 2.24) is 0 Å². The average Bonchev–Trinajstić information content (AvgIpc) is 2.54. The van der Waals surface area contributed by atoms with Crippen molar-refractivity contribution in [3.63, 3.8) is 0 Å². The number of carbonyl (C=O) groups excluding carboxylic acids is 1. The first-order valence-corrected chi connectivity index (χ1v) is 7.41. The van der Waals surface area contributed by atoms with Crippen LogP contribution in [0.3, 0.4) is 0 Å². The minimum absolute atomic E-state index is 0.241. The topological polar surface area (TPSA) is 26.3 Å². The van der Waals surface area contributed by atoms with Crippen LogP contribution in [0.25, 0.3) is 5.57 Å². The first-order valence-electron chi connectivity index (χ1n) is 6.59. The number of methoxy groups -OCH3 is 1. The Kier molecular flexibility index (Phi) is 5.50. The molecule has 0 atom stereocenters. The number of hydrogen-bond donors (Lipinski definition) is 0. The van der Waals surface area contributed by atoms with Crippen LogP contribution >= 0.6 is 11.8 Å². The molecule has 0 bridgehead atoms. The molecule has 0 aromatic heterocycles. The number of halogens is 3. The molecule has 0 saturated heterocycles. The Morgan fingerprint density at radius 3 is 2.04 bits per heavy atom. The maximum absolute atomic E-state index is 12.8. The number of thioether (sulfide) groups is 1. The molecule has 2 aromatic rings. The highest BCUT2D eigenvalue weighted by Gasteiger charge is 2.32. The lowest BCUT2D eigenvalue weighted by Crippen LogP contribution is -2.04. The normalized spacial score (nSPS) is 12.5. The van der Waals surface area contributed by atoms with Crippen molar-refractivity contribution in [1.29, 1.82) is 0 Å². The smallest absolute Gasteiger partial charge is 0.446 e. The lowest BCUT2D eigenvalue weighted by molar-refractivity contribution is -0.104. The summed E-state index contributed by atoms with van der Waals surface area (Å²) in [7, 11) is 1.50. The summed E-state index contributed by atoms with van der Waals surface area (Å²) in [5.41, 5.74) is -3.25. The molecule has 6 heteroatoms. The van der Waals surface area contributed by atoms with Crippen LogP contribution in [0.1, 0.15) is 11.1 Å². The lowest BCUT2D eigenvalue weighted by atomic mass is 9.97. The van der Waals surface area contributed by atoms with Gasteiger partial charge < -0.3 is 4.74 Å². The Labute approximate surface area is 136 Å². The molecule has 0 aliphatic heterocycles. The number of rotatable bonds is 5. The fraction of sp³-hybridized carbons (Fsp3) is 0.118. The van der Waals surface area contributed by atoms with Gasteiger partial charge in [0.15, 0.2) is 6.29 Å². The quantitative estimate of drug-likeness (QED) is 0.572. The molecule has 0 fully saturated rings. The van der Waals surface area contributed by atoms with Gasteiger partial charge >= 0.3 is 5.51 Å². The van der Waals surface area contributed by atoms with E-state index in [9.17, 15) is 18.0 Å². The third-order valence-electron chi connectivity index (χ3n) is 3.02. The largest absolute Gasteiger partial charge is 0.497 e. The Morgan fingerprint density at radius 2 is 1.57 bits per heavy atom. The molecular formula is C17H13F3O2S. The minimum Gasteiger partial charge on any atom is -0.497 e. The van der Waals surface area contributed by atoms with Gasteiger partial charge in [0.2, 0.25) is 0 Å². The molecule has 0 aliphatic carbocycles. The molecule has 2 nitrogen and oxygen atoms in total. The summed E-state index contributed by atoms with van der Waals surface area (Å²) in [5, 5.41) is 0. The third kappa shape index (κ3) is 4.63. The molecule has 0 amide bonds. The van der Waals surface area contributed by atoms with Gasteiger partial charge in [0.25, 0.3) is 0 Å². The number of ether oxygens (including phenoxy) is 1. The van der Waals surface area contributed by atoms with Crippen LogP contribution in [0.15, 0.2) is 59.5 Å². The van der Waals surface area contributed by atoms with E-state index in [0.717, 1.165) is 0 Å². The first-order chi connectivity index (χ1) is 10.9.